The Morgan fingerprint density at radius 1 is 1.05 bits per heavy atom. The summed E-state index contributed by atoms with van der Waals surface area (Å²) in [5, 5.41) is 0. The van der Waals surface area contributed by atoms with E-state index in [2.05, 4.69) is 72.4 Å². The van der Waals surface area contributed by atoms with Crippen molar-refractivity contribution in [1.29, 1.82) is 0 Å². The van der Waals surface area contributed by atoms with E-state index in [1.807, 2.05) is 0 Å². The Bertz CT molecular complexity index is 558. The van der Waals surface area contributed by atoms with Gasteiger partial charge in [-0.15, -0.1) is 0 Å². The number of rotatable bonds is 2. The molecule has 0 aromatic heterocycles. The lowest BCUT2D eigenvalue weighted by Gasteiger charge is -2.42. The van der Waals surface area contributed by atoms with E-state index in [-0.39, 0.29) is 5.41 Å². The van der Waals surface area contributed by atoms with E-state index < -0.39 is 0 Å². The van der Waals surface area contributed by atoms with Gasteiger partial charge in [-0.25, -0.2) is 0 Å². The van der Waals surface area contributed by atoms with Gasteiger partial charge >= 0.3 is 0 Å². The summed E-state index contributed by atoms with van der Waals surface area (Å²) >= 11 is 0. The van der Waals surface area contributed by atoms with Crippen molar-refractivity contribution in [3.63, 3.8) is 0 Å². The van der Waals surface area contributed by atoms with Gasteiger partial charge in [0.25, 0.3) is 0 Å². The van der Waals surface area contributed by atoms with Gasteiger partial charge < -0.3 is 0 Å². The fourth-order valence-electron chi connectivity index (χ4n) is 3.28. The molecule has 1 aliphatic carbocycles. The lowest BCUT2D eigenvalue weighted by molar-refractivity contribution is 0.177. The van der Waals surface area contributed by atoms with Crippen LogP contribution in [0.5, 0.6) is 0 Å². The molecule has 0 heterocycles. The lowest BCUT2D eigenvalue weighted by Crippen LogP contribution is -2.35. The number of aryl methyl sites for hydroxylation is 3. The fraction of sp³-hybridized carbons (Fsp3) is 0.500. The topological polar surface area (TPSA) is 0 Å². The third-order valence-corrected chi connectivity index (χ3v) is 5.49. The molecule has 0 saturated heterocycles. The lowest BCUT2D eigenvalue weighted by atomic mass is 9.62. The number of allylic oxidation sites excluding steroid dienone is 3. The monoisotopic (exact) mass is 268 g/mol. The van der Waals surface area contributed by atoms with E-state index in [4.69, 9.17) is 0 Å². The molecule has 1 aromatic rings. The summed E-state index contributed by atoms with van der Waals surface area (Å²) in [5.74, 6) is 1.13. The molecule has 0 aliphatic heterocycles. The van der Waals surface area contributed by atoms with Crippen LogP contribution < -0.4 is 0 Å². The SMILES string of the molecule is C=C1C=CC(C)C(C)(C)C1Cc1cc(C)c(C)cc1C. The molecule has 1 aliphatic rings. The van der Waals surface area contributed by atoms with Crippen molar-refractivity contribution in [2.45, 2.75) is 48.0 Å². The van der Waals surface area contributed by atoms with Crippen LogP contribution in [0.4, 0.5) is 0 Å². The molecule has 2 rings (SSSR count). The zero-order chi connectivity index (χ0) is 15.1. The summed E-state index contributed by atoms with van der Waals surface area (Å²) in [7, 11) is 0. The third kappa shape index (κ3) is 2.61. The third-order valence-electron chi connectivity index (χ3n) is 5.49. The van der Waals surface area contributed by atoms with Crippen molar-refractivity contribution >= 4 is 0 Å². The number of hydrogen-bond donors (Lipinski definition) is 0. The second kappa shape index (κ2) is 5.24. The van der Waals surface area contributed by atoms with Crippen LogP contribution in [0, 0.1) is 38.0 Å². The minimum absolute atomic E-state index is 0.275. The first-order chi connectivity index (χ1) is 9.23. The van der Waals surface area contributed by atoms with Gasteiger partial charge in [0.05, 0.1) is 0 Å². The summed E-state index contributed by atoms with van der Waals surface area (Å²) in [6.07, 6.45) is 5.65. The van der Waals surface area contributed by atoms with E-state index in [0.717, 1.165) is 6.42 Å². The van der Waals surface area contributed by atoms with Gasteiger partial charge in [0.1, 0.15) is 0 Å². The molecule has 20 heavy (non-hydrogen) atoms. The summed E-state index contributed by atoms with van der Waals surface area (Å²) in [6.45, 7) is 18.0. The molecule has 0 heteroatoms. The molecule has 2 unspecified atom stereocenters. The Labute approximate surface area is 124 Å². The first kappa shape index (κ1) is 15.1. The van der Waals surface area contributed by atoms with E-state index in [1.165, 1.54) is 27.8 Å². The van der Waals surface area contributed by atoms with Crippen LogP contribution in [-0.4, -0.2) is 0 Å². The Hall–Kier alpha value is -1.30. The minimum Gasteiger partial charge on any atom is -0.0955 e. The highest BCUT2D eigenvalue weighted by Crippen LogP contribution is 2.45. The molecule has 0 bridgehead atoms. The van der Waals surface area contributed by atoms with Gasteiger partial charge in [-0.3, -0.25) is 0 Å². The number of hydrogen-bond acceptors (Lipinski definition) is 0. The molecule has 1 aromatic carbocycles. The molecular formula is C20H28. The second-order valence-electron chi connectivity index (χ2n) is 7.16. The first-order valence-electron chi connectivity index (χ1n) is 7.67. The van der Waals surface area contributed by atoms with Crippen LogP contribution in [0.15, 0.2) is 36.4 Å². The number of benzene rings is 1. The van der Waals surface area contributed by atoms with E-state index in [1.54, 1.807) is 0 Å². The normalized spacial score (nSPS) is 25.0. The quantitative estimate of drug-likeness (QED) is 0.659. The maximum atomic E-state index is 4.30. The largest absolute Gasteiger partial charge is 0.0955 e. The average molecular weight is 268 g/mol. The highest BCUT2D eigenvalue weighted by Gasteiger charge is 2.37. The van der Waals surface area contributed by atoms with Crippen LogP contribution in [-0.2, 0) is 6.42 Å². The smallest absolute Gasteiger partial charge is 0.00705 e. The zero-order valence-electron chi connectivity index (χ0n) is 13.9. The van der Waals surface area contributed by atoms with Crippen LogP contribution in [0.2, 0.25) is 0 Å². The van der Waals surface area contributed by atoms with Crippen LogP contribution >= 0.6 is 0 Å². The fourth-order valence-corrected chi connectivity index (χ4v) is 3.28. The van der Waals surface area contributed by atoms with Crippen molar-refractivity contribution in [1.82, 2.24) is 0 Å². The van der Waals surface area contributed by atoms with E-state index in [9.17, 15) is 0 Å². The van der Waals surface area contributed by atoms with Crippen LogP contribution in [0.3, 0.4) is 0 Å². The molecule has 0 saturated carbocycles. The second-order valence-corrected chi connectivity index (χ2v) is 7.16. The molecule has 0 spiro atoms. The summed E-state index contributed by atoms with van der Waals surface area (Å²) in [5.41, 5.74) is 7.24. The van der Waals surface area contributed by atoms with Gasteiger partial charge in [-0.1, -0.05) is 57.2 Å². The molecule has 2 atom stereocenters. The maximum Gasteiger partial charge on any atom is -0.00705 e. The molecular weight excluding hydrogens is 240 g/mol. The predicted octanol–water partition coefficient (Wildman–Crippen LogP) is 5.56. The van der Waals surface area contributed by atoms with Crippen molar-refractivity contribution in [3.8, 4) is 0 Å². The minimum atomic E-state index is 0.275. The van der Waals surface area contributed by atoms with E-state index in [0.29, 0.717) is 11.8 Å². The molecule has 0 nitrogen and oxygen atoms in total. The average Bonchev–Trinajstić information content (AvgIpc) is 2.36. The molecule has 0 N–H and O–H groups in total. The standard InChI is InChI=1S/C20H28/c1-13-8-9-17(5)20(6,7)19(13)12-18-11-15(3)14(2)10-16(18)4/h8-11,17,19H,1,12H2,2-7H3. The highest BCUT2D eigenvalue weighted by molar-refractivity contribution is 5.38. The zero-order valence-corrected chi connectivity index (χ0v) is 13.9. The summed E-state index contributed by atoms with van der Waals surface area (Å²) in [6, 6.07) is 4.69. The maximum absolute atomic E-state index is 4.30. The van der Waals surface area contributed by atoms with E-state index >= 15 is 0 Å². The Morgan fingerprint density at radius 2 is 1.65 bits per heavy atom. The molecule has 0 amide bonds. The predicted molar refractivity (Wildman–Crippen MR) is 89.1 cm³/mol. The highest BCUT2D eigenvalue weighted by atomic mass is 14.4. The van der Waals surface area contributed by atoms with Gasteiger partial charge in [-0.05, 0) is 66.7 Å². The molecule has 0 radical (unpaired) electrons. The first-order valence-corrected chi connectivity index (χ1v) is 7.67. The van der Waals surface area contributed by atoms with Gasteiger partial charge in [0.2, 0.25) is 0 Å². The Kier molecular flexibility index (Phi) is 3.95. The van der Waals surface area contributed by atoms with Gasteiger partial charge in [0.15, 0.2) is 0 Å². The summed E-state index contributed by atoms with van der Waals surface area (Å²) < 4.78 is 0. The summed E-state index contributed by atoms with van der Waals surface area (Å²) in [4.78, 5) is 0. The van der Waals surface area contributed by atoms with Crippen molar-refractivity contribution in [2.24, 2.45) is 17.3 Å². The molecule has 0 fully saturated rings. The Morgan fingerprint density at radius 3 is 2.30 bits per heavy atom. The Balaban J connectivity index is 2.36. The molecule has 108 valence electrons. The van der Waals surface area contributed by atoms with Crippen molar-refractivity contribution in [3.05, 3.63) is 58.7 Å². The van der Waals surface area contributed by atoms with Crippen LogP contribution in [0.1, 0.15) is 43.0 Å². The van der Waals surface area contributed by atoms with Gasteiger partial charge in [-0.2, -0.15) is 0 Å². The van der Waals surface area contributed by atoms with Crippen molar-refractivity contribution in [2.75, 3.05) is 0 Å². The van der Waals surface area contributed by atoms with Crippen LogP contribution in [0.25, 0.3) is 0 Å². The van der Waals surface area contributed by atoms with Gasteiger partial charge in [0, 0.05) is 0 Å². The van der Waals surface area contributed by atoms with Crippen molar-refractivity contribution < 1.29 is 0 Å².